The molecule has 5 rings (SSSR count). The summed E-state index contributed by atoms with van der Waals surface area (Å²) in [7, 11) is 0. The van der Waals surface area contributed by atoms with Gasteiger partial charge in [-0.25, -0.2) is 17.6 Å². The maximum Gasteiger partial charge on any atom is 0.416 e. The van der Waals surface area contributed by atoms with E-state index in [1.807, 2.05) is 0 Å². The second-order valence-electron chi connectivity index (χ2n) is 9.83. The summed E-state index contributed by atoms with van der Waals surface area (Å²) in [5.74, 6) is -1.94. The molecule has 0 amide bonds. The highest BCUT2D eigenvalue weighted by atomic mass is 35.5. The summed E-state index contributed by atoms with van der Waals surface area (Å²) < 4.78 is 125. The van der Waals surface area contributed by atoms with E-state index in [2.05, 4.69) is 23.8 Å². The number of hydrogen-bond acceptors (Lipinski definition) is 4. The summed E-state index contributed by atoms with van der Waals surface area (Å²) in [6.07, 6.45) is -7.96. The molecular weight excluding hydrogens is 651 g/mol. The van der Waals surface area contributed by atoms with Crippen LogP contribution in [0.2, 0.25) is 5.02 Å². The zero-order valence-corrected chi connectivity index (χ0v) is 24.3. The Morgan fingerprint density at radius 1 is 1.11 bits per heavy atom. The summed E-state index contributed by atoms with van der Waals surface area (Å²) in [6.45, 7) is 4.48. The highest BCUT2D eigenvalue weighted by molar-refractivity contribution is 6.31. The van der Waals surface area contributed by atoms with Gasteiger partial charge in [0.05, 0.1) is 35.3 Å². The Balaban J connectivity index is 0.00000154. The SMILES string of the molecule is C=C(Nc1cc2c(c3c1C(c1cc(F)ccc1Cl)NC3=C)n(C(F)F)c(=N)n2CC(F)F)c1cc(F)cc(C(F)(F)F)c1.CC#N. The average Bonchev–Trinajstić information content (AvgIpc) is 3.43. The number of anilines is 1. The maximum absolute atomic E-state index is 14.3. The minimum atomic E-state index is -4.90. The summed E-state index contributed by atoms with van der Waals surface area (Å²) in [6, 6.07) is 6.84. The van der Waals surface area contributed by atoms with Crippen molar-refractivity contribution in [3.63, 3.8) is 0 Å². The fourth-order valence-corrected chi connectivity index (χ4v) is 5.37. The standard InChI is InChI=1S/C28H19ClF9N5.C2H3N/c1-11(13-5-14(28(36,37)38)7-16(31)6-13)40-19-9-20-25(43(26(34)35)27(39)42(20)10-21(32)33)22-12(2)41-24(23(19)22)17-8-15(30)3-4-18(17)29;1-2-3/h3-9,21,24,26,39-41H,1-2,10H2;1H3. The number of nitrogens with zero attached hydrogens (tertiary/aromatic N) is 3. The lowest BCUT2D eigenvalue weighted by molar-refractivity contribution is -0.137. The van der Waals surface area contributed by atoms with Gasteiger partial charge in [0.1, 0.15) is 11.6 Å². The molecule has 3 N–H and O–H groups in total. The van der Waals surface area contributed by atoms with Gasteiger partial charge in [-0.1, -0.05) is 24.8 Å². The molecule has 0 spiro atoms. The summed E-state index contributed by atoms with van der Waals surface area (Å²) in [5.41, 5.74) is -3.51. The van der Waals surface area contributed by atoms with Crippen molar-refractivity contribution in [3.05, 3.63) is 106 Å². The first-order valence-electron chi connectivity index (χ1n) is 13.0. The number of aromatic nitrogens is 2. The number of nitriles is 1. The number of nitrogens with one attached hydrogen (secondary N) is 3. The number of hydrogen-bond donors (Lipinski definition) is 3. The fourth-order valence-electron chi connectivity index (χ4n) is 5.14. The molecule has 4 aromatic rings. The number of imidazole rings is 1. The van der Waals surface area contributed by atoms with Crippen molar-refractivity contribution >= 4 is 39.7 Å². The van der Waals surface area contributed by atoms with Crippen LogP contribution in [0.5, 0.6) is 0 Å². The van der Waals surface area contributed by atoms with E-state index in [0.29, 0.717) is 10.6 Å². The molecule has 1 atom stereocenters. The van der Waals surface area contributed by atoms with Crippen molar-refractivity contribution in [1.82, 2.24) is 14.5 Å². The van der Waals surface area contributed by atoms with Gasteiger partial charge in [-0.3, -0.25) is 9.98 Å². The Bertz CT molecular complexity index is 1950. The molecule has 1 aromatic heterocycles. The second kappa shape index (κ2) is 12.9. The Hall–Kier alpha value is -4.84. The number of benzene rings is 3. The molecule has 242 valence electrons. The van der Waals surface area contributed by atoms with Crippen LogP contribution in [0.1, 0.15) is 47.3 Å². The topological polar surface area (TPSA) is 81.6 Å². The molecule has 2 heterocycles. The van der Waals surface area contributed by atoms with Crippen LogP contribution >= 0.6 is 11.6 Å². The van der Waals surface area contributed by atoms with Crippen LogP contribution in [0.3, 0.4) is 0 Å². The van der Waals surface area contributed by atoms with E-state index < -0.39 is 54.6 Å². The van der Waals surface area contributed by atoms with Gasteiger partial charge in [-0.15, -0.1) is 0 Å². The quantitative estimate of drug-likeness (QED) is 0.172. The van der Waals surface area contributed by atoms with Gasteiger partial charge in [0, 0.05) is 51.3 Å². The zero-order valence-electron chi connectivity index (χ0n) is 23.5. The lowest BCUT2D eigenvalue weighted by Gasteiger charge is -2.21. The Morgan fingerprint density at radius 2 is 1.76 bits per heavy atom. The second-order valence-corrected chi connectivity index (χ2v) is 10.2. The third-order valence-electron chi connectivity index (χ3n) is 6.89. The highest BCUT2D eigenvalue weighted by Crippen LogP contribution is 2.47. The van der Waals surface area contributed by atoms with E-state index >= 15 is 0 Å². The molecule has 0 aliphatic carbocycles. The molecule has 0 saturated carbocycles. The summed E-state index contributed by atoms with van der Waals surface area (Å²) in [5, 5.41) is 21.3. The van der Waals surface area contributed by atoms with Crippen molar-refractivity contribution in [2.24, 2.45) is 0 Å². The number of alkyl halides is 7. The van der Waals surface area contributed by atoms with Crippen molar-refractivity contribution in [1.29, 1.82) is 10.7 Å². The first-order valence-corrected chi connectivity index (χ1v) is 13.4. The van der Waals surface area contributed by atoms with E-state index in [0.717, 1.165) is 24.3 Å². The van der Waals surface area contributed by atoms with Crippen molar-refractivity contribution < 1.29 is 39.5 Å². The molecular formula is C30H22ClF9N6. The van der Waals surface area contributed by atoms with Crippen LogP contribution in [0.25, 0.3) is 22.4 Å². The van der Waals surface area contributed by atoms with Gasteiger partial charge in [0.25, 0.3) is 6.43 Å². The van der Waals surface area contributed by atoms with Gasteiger partial charge >= 0.3 is 12.7 Å². The third-order valence-corrected chi connectivity index (χ3v) is 7.23. The molecule has 1 aliphatic heterocycles. The van der Waals surface area contributed by atoms with Crippen LogP contribution in [0.4, 0.5) is 45.2 Å². The monoisotopic (exact) mass is 672 g/mol. The van der Waals surface area contributed by atoms with Gasteiger partial charge in [0.15, 0.2) is 0 Å². The number of fused-ring (bicyclic) bond motifs is 3. The van der Waals surface area contributed by atoms with E-state index in [-0.39, 0.29) is 66.0 Å². The minimum absolute atomic E-state index is 0.0201. The van der Waals surface area contributed by atoms with Gasteiger partial charge in [0.2, 0.25) is 5.62 Å². The van der Waals surface area contributed by atoms with Crippen LogP contribution in [-0.4, -0.2) is 15.6 Å². The number of rotatable bonds is 7. The molecule has 0 bridgehead atoms. The van der Waals surface area contributed by atoms with E-state index in [1.165, 1.54) is 13.0 Å². The lowest BCUT2D eigenvalue weighted by Crippen LogP contribution is -2.27. The first kappa shape index (κ1) is 34.0. The molecule has 0 radical (unpaired) electrons. The summed E-state index contributed by atoms with van der Waals surface area (Å²) in [4.78, 5) is 0. The molecule has 1 aliphatic rings. The normalized spacial score (nSPS) is 14.2. The van der Waals surface area contributed by atoms with Crippen LogP contribution in [-0.2, 0) is 12.7 Å². The smallest absolute Gasteiger partial charge is 0.374 e. The van der Waals surface area contributed by atoms with Crippen molar-refractivity contribution in [2.45, 2.75) is 38.7 Å². The van der Waals surface area contributed by atoms with Crippen molar-refractivity contribution in [2.75, 3.05) is 5.32 Å². The predicted molar refractivity (Wildman–Crippen MR) is 154 cm³/mol. The Labute approximate surface area is 260 Å². The summed E-state index contributed by atoms with van der Waals surface area (Å²) >= 11 is 6.34. The van der Waals surface area contributed by atoms with Crippen molar-refractivity contribution in [3.8, 4) is 6.07 Å². The van der Waals surface area contributed by atoms with Gasteiger partial charge in [-0.05, 0) is 42.5 Å². The molecule has 6 nitrogen and oxygen atoms in total. The number of halogens is 10. The van der Waals surface area contributed by atoms with Crippen LogP contribution in [0, 0.1) is 28.4 Å². The lowest BCUT2D eigenvalue weighted by atomic mass is 9.94. The van der Waals surface area contributed by atoms with Gasteiger partial charge < -0.3 is 15.2 Å². The molecule has 0 saturated heterocycles. The largest absolute Gasteiger partial charge is 0.416 e. The Morgan fingerprint density at radius 3 is 2.35 bits per heavy atom. The molecule has 0 fully saturated rings. The van der Waals surface area contributed by atoms with E-state index in [1.54, 1.807) is 6.07 Å². The van der Waals surface area contributed by atoms with E-state index in [4.69, 9.17) is 22.3 Å². The third kappa shape index (κ3) is 6.43. The highest BCUT2D eigenvalue weighted by Gasteiger charge is 2.36. The van der Waals surface area contributed by atoms with Crippen LogP contribution < -0.4 is 16.3 Å². The molecule has 3 aromatic carbocycles. The maximum atomic E-state index is 14.3. The minimum Gasteiger partial charge on any atom is -0.374 e. The van der Waals surface area contributed by atoms with Gasteiger partial charge in [-0.2, -0.15) is 27.2 Å². The Kier molecular flexibility index (Phi) is 9.53. The predicted octanol–water partition coefficient (Wildman–Crippen LogP) is 8.81. The molecule has 16 heteroatoms. The first-order chi connectivity index (χ1) is 21.5. The van der Waals surface area contributed by atoms with Crippen LogP contribution in [0.15, 0.2) is 55.6 Å². The zero-order chi connectivity index (χ0) is 34.2. The fraction of sp³-hybridized carbons (Fsp3) is 0.200. The molecule has 46 heavy (non-hydrogen) atoms. The molecule has 1 unspecified atom stereocenters. The van der Waals surface area contributed by atoms with E-state index in [9.17, 15) is 39.5 Å². The average molecular weight is 673 g/mol.